The third kappa shape index (κ3) is 6.88. The van der Waals surface area contributed by atoms with E-state index in [1.807, 2.05) is 0 Å². The molecule has 0 spiro atoms. The summed E-state index contributed by atoms with van der Waals surface area (Å²) in [6, 6.07) is 0. The van der Waals surface area contributed by atoms with Crippen molar-refractivity contribution >= 4 is 45.2 Å². The van der Waals surface area contributed by atoms with Crippen LogP contribution < -0.4 is 0 Å². The summed E-state index contributed by atoms with van der Waals surface area (Å²) in [5.41, 5.74) is 0. The Balaban J connectivity index is 3.60. The average molecular weight is 396 g/mol. The lowest BCUT2D eigenvalue weighted by molar-refractivity contribution is 0.242. The van der Waals surface area contributed by atoms with E-state index in [0.717, 1.165) is 12.3 Å². The molecule has 0 saturated heterocycles. The maximum atomic E-state index is 9.06. The molecule has 2 unspecified atom stereocenters. The molecule has 0 saturated carbocycles. The molecule has 0 aromatic rings. The SMILES string of the molecule is CC(CCCI)CC(C)(I)CO. The number of hydrogen-bond acceptors (Lipinski definition) is 1. The lowest BCUT2D eigenvalue weighted by atomic mass is 9.94. The summed E-state index contributed by atoms with van der Waals surface area (Å²) in [5.74, 6) is 0.744. The van der Waals surface area contributed by atoms with Crippen LogP contribution in [0.5, 0.6) is 0 Å². The fourth-order valence-electron chi connectivity index (χ4n) is 1.32. The number of hydrogen-bond donors (Lipinski definition) is 1. The summed E-state index contributed by atoms with van der Waals surface area (Å²) in [6.07, 6.45) is 3.72. The molecule has 0 aliphatic carbocycles. The molecule has 74 valence electrons. The van der Waals surface area contributed by atoms with Crippen molar-refractivity contribution in [1.82, 2.24) is 0 Å². The van der Waals surface area contributed by atoms with E-state index in [0.29, 0.717) is 6.61 Å². The van der Waals surface area contributed by atoms with Gasteiger partial charge in [0.15, 0.2) is 0 Å². The molecule has 2 atom stereocenters. The van der Waals surface area contributed by atoms with Gasteiger partial charge in [0.25, 0.3) is 0 Å². The normalized spacial score (nSPS) is 18.8. The highest BCUT2D eigenvalue weighted by molar-refractivity contribution is 14.1. The second-order valence-corrected chi connectivity index (χ2v) is 7.40. The Kier molecular flexibility index (Phi) is 7.62. The first-order valence-electron chi connectivity index (χ1n) is 4.37. The van der Waals surface area contributed by atoms with Crippen molar-refractivity contribution in [3.8, 4) is 0 Å². The zero-order valence-corrected chi connectivity index (χ0v) is 12.1. The van der Waals surface area contributed by atoms with Gasteiger partial charge < -0.3 is 5.11 Å². The highest BCUT2D eigenvalue weighted by atomic mass is 127. The fraction of sp³-hybridized carbons (Fsp3) is 1.00. The monoisotopic (exact) mass is 396 g/mol. The molecule has 0 aliphatic rings. The smallest absolute Gasteiger partial charge is 0.0574 e. The number of halogens is 2. The predicted octanol–water partition coefficient (Wildman–Crippen LogP) is 3.41. The van der Waals surface area contributed by atoms with E-state index in [9.17, 15) is 0 Å². The first-order valence-corrected chi connectivity index (χ1v) is 6.98. The summed E-state index contributed by atoms with van der Waals surface area (Å²) < 4.78 is 1.33. The molecule has 0 fully saturated rings. The zero-order chi connectivity index (χ0) is 9.61. The Morgan fingerprint density at radius 3 is 2.50 bits per heavy atom. The molecule has 0 heterocycles. The van der Waals surface area contributed by atoms with Gasteiger partial charge in [-0.1, -0.05) is 52.1 Å². The van der Waals surface area contributed by atoms with Crippen LogP contribution in [0, 0.1) is 5.92 Å². The van der Waals surface area contributed by atoms with Gasteiger partial charge >= 0.3 is 0 Å². The van der Waals surface area contributed by atoms with Crippen molar-refractivity contribution in [1.29, 1.82) is 0 Å². The van der Waals surface area contributed by atoms with Crippen LogP contribution in [0.4, 0.5) is 0 Å². The Labute approximate surface area is 103 Å². The predicted molar refractivity (Wildman–Crippen MR) is 71.4 cm³/mol. The largest absolute Gasteiger partial charge is 0.395 e. The molecule has 1 N–H and O–H groups in total. The van der Waals surface area contributed by atoms with Gasteiger partial charge in [-0.3, -0.25) is 0 Å². The van der Waals surface area contributed by atoms with E-state index in [1.165, 1.54) is 17.3 Å². The quantitative estimate of drug-likeness (QED) is 0.539. The summed E-state index contributed by atoms with van der Waals surface area (Å²) >= 11 is 4.77. The second-order valence-electron chi connectivity index (χ2n) is 3.71. The van der Waals surface area contributed by atoms with Gasteiger partial charge in [0.1, 0.15) is 0 Å². The first-order chi connectivity index (χ1) is 5.52. The Morgan fingerprint density at radius 1 is 1.50 bits per heavy atom. The average Bonchev–Trinajstić information content (AvgIpc) is 2.00. The summed E-state index contributed by atoms with van der Waals surface area (Å²) in [6.45, 7) is 4.69. The zero-order valence-electron chi connectivity index (χ0n) is 7.82. The number of aliphatic hydroxyl groups excluding tert-OH is 1. The highest BCUT2D eigenvalue weighted by Crippen LogP contribution is 2.28. The van der Waals surface area contributed by atoms with E-state index in [-0.39, 0.29) is 3.42 Å². The first kappa shape index (κ1) is 13.4. The molecule has 3 heteroatoms. The van der Waals surface area contributed by atoms with E-state index < -0.39 is 0 Å². The van der Waals surface area contributed by atoms with Gasteiger partial charge in [0, 0.05) is 3.42 Å². The summed E-state index contributed by atoms with van der Waals surface area (Å²) in [5, 5.41) is 9.06. The Hall–Kier alpha value is 1.42. The third-order valence-electron chi connectivity index (χ3n) is 1.93. The van der Waals surface area contributed by atoms with Crippen LogP contribution in [0.2, 0.25) is 0 Å². The van der Waals surface area contributed by atoms with Crippen molar-refractivity contribution in [3.05, 3.63) is 0 Å². The molecule has 0 aromatic carbocycles. The van der Waals surface area contributed by atoms with Crippen molar-refractivity contribution in [2.75, 3.05) is 11.0 Å². The number of rotatable bonds is 6. The third-order valence-corrected chi connectivity index (χ3v) is 3.48. The minimum Gasteiger partial charge on any atom is -0.395 e. The van der Waals surface area contributed by atoms with Crippen LogP contribution >= 0.6 is 45.2 Å². The number of aliphatic hydroxyl groups is 1. The molecule has 0 amide bonds. The Morgan fingerprint density at radius 2 is 2.08 bits per heavy atom. The van der Waals surface area contributed by atoms with Crippen LogP contribution in [0.15, 0.2) is 0 Å². The molecule has 0 aliphatic heterocycles. The molecular formula is C9H18I2O. The van der Waals surface area contributed by atoms with Gasteiger partial charge in [-0.25, -0.2) is 0 Å². The lowest BCUT2D eigenvalue weighted by Crippen LogP contribution is -2.23. The van der Waals surface area contributed by atoms with E-state index in [1.54, 1.807) is 0 Å². The van der Waals surface area contributed by atoms with Crippen LogP contribution in [0.25, 0.3) is 0 Å². The number of alkyl halides is 2. The van der Waals surface area contributed by atoms with E-state index in [4.69, 9.17) is 5.11 Å². The van der Waals surface area contributed by atoms with Gasteiger partial charge in [0.2, 0.25) is 0 Å². The summed E-state index contributed by atoms with van der Waals surface area (Å²) in [4.78, 5) is 0. The topological polar surface area (TPSA) is 20.2 Å². The maximum absolute atomic E-state index is 9.06. The van der Waals surface area contributed by atoms with Gasteiger partial charge in [-0.05, 0) is 36.5 Å². The van der Waals surface area contributed by atoms with Crippen LogP contribution in [-0.2, 0) is 0 Å². The van der Waals surface area contributed by atoms with Gasteiger partial charge in [-0.2, -0.15) is 0 Å². The van der Waals surface area contributed by atoms with Crippen LogP contribution in [0.1, 0.15) is 33.1 Å². The Bertz CT molecular complexity index is 115. The van der Waals surface area contributed by atoms with Crippen LogP contribution in [0.3, 0.4) is 0 Å². The van der Waals surface area contributed by atoms with Crippen molar-refractivity contribution < 1.29 is 5.11 Å². The molecular weight excluding hydrogens is 378 g/mol. The lowest BCUT2D eigenvalue weighted by Gasteiger charge is -2.23. The van der Waals surface area contributed by atoms with Crippen molar-refractivity contribution in [3.63, 3.8) is 0 Å². The maximum Gasteiger partial charge on any atom is 0.0574 e. The van der Waals surface area contributed by atoms with E-state index >= 15 is 0 Å². The second kappa shape index (κ2) is 6.81. The van der Waals surface area contributed by atoms with Crippen LogP contribution in [-0.4, -0.2) is 19.6 Å². The molecule has 12 heavy (non-hydrogen) atoms. The molecule has 0 rings (SSSR count). The highest BCUT2D eigenvalue weighted by Gasteiger charge is 2.21. The van der Waals surface area contributed by atoms with Crippen molar-refractivity contribution in [2.45, 2.75) is 36.5 Å². The molecule has 0 aromatic heterocycles. The van der Waals surface area contributed by atoms with Crippen molar-refractivity contribution in [2.24, 2.45) is 5.92 Å². The molecule has 1 nitrogen and oxygen atoms in total. The molecule has 0 radical (unpaired) electrons. The van der Waals surface area contributed by atoms with E-state index in [2.05, 4.69) is 59.0 Å². The minimum absolute atomic E-state index is 0.0858. The minimum atomic E-state index is 0.0858. The standard InChI is InChI=1S/C9H18I2O/c1-8(4-3-5-10)6-9(2,11)7-12/h8,12H,3-7H2,1-2H3. The van der Waals surface area contributed by atoms with Gasteiger partial charge in [-0.15, -0.1) is 0 Å². The fourth-order valence-corrected chi connectivity index (χ4v) is 2.51. The molecule has 0 bridgehead atoms. The summed E-state index contributed by atoms with van der Waals surface area (Å²) in [7, 11) is 0. The van der Waals surface area contributed by atoms with Gasteiger partial charge in [0.05, 0.1) is 6.61 Å².